The Bertz CT molecular complexity index is 610. The highest BCUT2D eigenvalue weighted by molar-refractivity contribution is 5.81. The second-order valence-corrected chi connectivity index (χ2v) is 7.30. The van der Waals surface area contributed by atoms with Crippen molar-refractivity contribution in [2.45, 2.75) is 44.1 Å². The maximum absolute atomic E-state index is 13.2. The van der Waals surface area contributed by atoms with Crippen molar-refractivity contribution < 1.29 is 14.0 Å². The molecular weight excluding hydrogens is 307 g/mol. The molecule has 1 aromatic carbocycles. The van der Waals surface area contributed by atoms with E-state index in [1.165, 1.54) is 12.1 Å². The molecule has 0 saturated heterocycles. The van der Waals surface area contributed by atoms with Crippen LogP contribution in [0, 0.1) is 17.7 Å². The van der Waals surface area contributed by atoms with Gasteiger partial charge in [0.25, 0.3) is 0 Å². The fraction of sp³-hybridized carbons (Fsp3) is 0.579. The minimum Gasteiger partial charge on any atom is -0.353 e. The minimum atomic E-state index is -0.276. The summed E-state index contributed by atoms with van der Waals surface area (Å²) in [5, 5.41) is 3.13. The van der Waals surface area contributed by atoms with Crippen LogP contribution in [0.5, 0.6) is 0 Å². The molecule has 0 unspecified atom stereocenters. The third-order valence-electron chi connectivity index (χ3n) is 5.44. The third-order valence-corrected chi connectivity index (χ3v) is 5.44. The van der Waals surface area contributed by atoms with Crippen LogP contribution < -0.4 is 5.32 Å². The van der Waals surface area contributed by atoms with Gasteiger partial charge in [0.2, 0.25) is 11.8 Å². The van der Waals surface area contributed by atoms with Crippen LogP contribution >= 0.6 is 0 Å². The molecule has 0 bridgehead atoms. The Morgan fingerprint density at radius 3 is 2.33 bits per heavy atom. The summed E-state index contributed by atoms with van der Waals surface area (Å²) in [5.41, 5.74) is 0.969. The highest BCUT2D eigenvalue weighted by atomic mass is 19.1. The summed E-state index contributed by atoms with van der Waals surface area (Å²) in [7, 11) is 3.51. The summed E-state index contributed by atoms with van der Waals surface area (Å²) in [4.78, 5) is 26.4. The quantitative estimate of drug-likeness (QED) is 0.921. The van der Waals surface area contributed by atoms with Crippen molar-refractivity contribution in [2.24, 2.45) is 11.8 Å². The standard InChI is InChI=1S/C19H25FN2O2/c1-22(2)19(24)17-11-15(21-18(23)13-4-3-5-13)10-16(17)12-6-8-14(20)9-7-12/h6-9,13,15-17H,3-5,10-11H2,1-2H3,(H,21,23)/t15-,16+,17-/m0/s1. The number of rotatable bonds is 4. The van der Waals surface area contributed by atoms with Gasteiger partial charge in [-0.05, 0) is 49.3 Å². The first-order chi connectivity index (χ1) is 11.5. The average Bonchev–Trinajstić information content (AvgIpc) is 2.88. The maximum atomic E-state index is 13.2. The number of carbonyl (C=O) groups is 2. The van der Waals surface area contributed by atoms with E-state index in [1.54, 1.807) is 31.1 Å². The van der Waals surface area contributed by atoms with Gasteiger partial charge in [-0.15, -0.1) is 0 Å². The van der Waals surface area contributed by atoms with E-state index in [2.05, 4.69) is 5.32 Å². The number of hydrogen-bond donors (Lipinski definition) is 1. The molecule has 2 fully saturated rings. The van der Waals surface area contributed by atoms with Gasteiger partial charge in [-0.25, -0.2) is 4.39 Å². The van der Waals surface area contributed by atoms with Crippen LogP contribution in [0.1, 0.15) is 43.6 Å². The monoisotopic (exact) mass is 332 g/mol. The fourth-order valence-corrected chi connectivity index (χ4v) is 3.83. The summed E-state index contributed by atoms with van der Waals surface area (Å²) < 4.78 is 13.2. The van der Waals surface area contributed by atoms with Crippen LogP contribution in [-0.4, -0.2) is 36.9 Å². The van der Waals surface area contributed by atoms with Gasteiger partial charge < -0.3 is 10.2 Å². The number of carbonyl (C=O) groups excluding carboxylic acids is 2. The lowest BCUT2D eigenvalue weighted by Gasteiger charge is -2.26. The normalized spacial score (nSPS) is 26.7. The molecule has 0 aromatic heterocycles. The van der Waals surface area contributed by atoms with Crippen molar-refractivity contribution in [1.82, 2.24) is 10.2 Å². The van der Waals surface area contributed by atoms with Gasteiger partial charge in [-0.2, -0.15) is 0 Å². The molecule has 2 aliphatic rings. The van der Waals surface area contributed by atoms with E-state index in [-0.39, 0.29) is 41.4 Å². The number of benzene rings is 1. The maximum Gasteiger partial charge on any atom is 0.225 e. The number of nitrogens with zero attached hydrogens (tertiary/aromatic N) is 1. The SMILES string of the molecule is CN(C)C(=O)[C@H]1C[C@@H](NC(=O)C2CCC2)C[C@@H]1c1ccc(F)cc1. The zero-order valence-electron chi connectivity index (χ0n) is 14.3. The second kappa shape index (κ2) is 6.91. The van der Waals surface area contributed by atoms with Crippen LogP contribution in [-0.2, 0) is 9.59 Å². The van der Waals surface area contributed by atoms with E-state index in [0.29, 0.717) is 6.42 Å². The van der Waals surface area contributed by atoms with E-state index in [0.717, 1.165) is 31.2 Å². The summed E-state index contributed by atoms with van der Waals surface area (Å²) in [6.07, 6.45) is 4.45. The Kier molecular flexibility index (Phi) is 4.88. The lowest BCUT2D eigenvalue weighted by molar-refractivity contribution is -0.133. The van der Waals surface area contributed by atoms with Gasteiger partial charge >= 0.3 is 0 Å². The summed E-state index contributed by atoms with van der Waals surface area (Å²) >= 11 is 0. The van der Waals surface area contributed by atoms with Crippen molar-refractivity contribution in [1.29, 1.82) is 0 Å². The fourth-order valence-electron chi connectivity index (χ4n) is 3.83. The van der Waals surface area contributed by atoms with Gasteiger partial charge in [-0.1, -0.05) is 18.6 Å². The number of halogens is 1. The van der Waals surface area contributed by atoms with Crippen molar-refractivity contribution in [3.05, 3.63) is 35.6 Å². The molecule has 1 N–H and O–H groups in total. The highest BCUT2D eigenvalue weighted by Crippen LogP contribution is 2.41. The molecule has 0 aliphatic heterocycles. The van der Waals surface area contributed by atoms with Gasteiger partial charge in [0.05, 0.1) is 0 Å². The van der Waals surface area contributed by atoms with E-state index >= 15 is 0 Å². The molecule has 5 heteroatoms. The Morgan fingerprint density at radius 2 is 1.79 bits per heavy atom. The van der Waals surface area contributed by atoms with Crippen molar-refractivity contribution in [2.75, 3.05) is 14.1 Å². The van der Waals surface area contributed by atoms with E-state index in [4.69, 9.17) is 0 Å². The molecule has 2 aliphatic carbocycles. The average molecular weight is 332 g/mol. The first-order valence-corrected chi connectivity index (χ1v) is 8.72. The molecule has 130 valence electrons. The van der Waals surface area contributed by atoms with Crippen molar-refractivity contribution in [3.8, 4) is 0 Å². The van der Waals surface area contributed by atoms with Gasteiger partial charge in [-0.3, -0.25) is 9.59 Å². The van der Waals surface area contributed by atoms with Crippen LogP contribution in [0.25, 0.3) is 0 Å². The Labute approximate surface area is 142 Å². The van der Waals surface area contributed by atoms with E-state index in [1.807, 2.05) is 0 Å². The smallest absolute Gasteiger partial charge is 0.225 e. The first-order valence-electron chi connectivity index (χ1n) is 8.72. The number of amides is 2. The molecule has 24 heavy (non-hydrogen) atoms. The summed E-state index contributed by atoms with van der Waals surface area (Å²) in [6, 6.07) is 6.40. The van der Waals surface area contributed by atoms with Gasteiger partial charge in [0.15, 0.2) is 0 Å². The molecule has 1 aromatic rings. The largest absolute Gasteiger partial charge is 0.353 e. The predicted octanol–water partition coefficient (Wildman–Crippen LogP) is 2.69. The van der Waals surface area contributed by atoms with Crippen molar-refractivity contribution >= 4 is 11.8 Å². The molecule has 4 nitrogen and oxygen atoms in total. The zero-order valence-corrected chi connectivity index (χ0v) is 14.3. The Morgan fingerprint density at radius 1 is 1.12 bits per heavy atom. The first kappa shape index (κ1) is 16.9. The highest BCUT2D eigenvalue weighted by Gasteiger charge is 2.41. The van der Waals surface area contributed by atoms with Crippen molar-refractivity contribution in [3.63, 3.8) is 0 Å². The molecule has 2 amide bonds. The number of nitrogens with one attached hydrogen (secondary N) is 1. The molecule has 0 spiro atoms. The van der Waals surface area contributed by atoms with E-state index in [9.17, 15) is 14.0 Å². The van der Waals surface area contributed by atoms with Crippen LogP contribution in [0.3, 0.4) is 0 Å². The molecule has 3 rings (SSSR count). The summed E-state index contributed by atoms with van der Waals surface area (Å²) in [6.45, 7) is 0. The Hall–Kier alpha value is -1.91. The summed E-state index contributed by atoms with van der Waals surface area (Å²) in [5.74, 6) is -0.0731. The molecular formula is C19H25FN2O2. The Balaban J connectivity index is 1.74. The van der Waals surface area contributed by atoms with E-state index < -0.39 is 0 Å². The van der Waals surface area contributed by atoms with Gasteiger partial charge in [0.1, 0.15) is 5.82 Å². The number of hydrogen-bond acceptors (Lipinski definition) is 2. The molecule has 0 radical (unpaired) electrons. The van der Waals surface area contributed by atoms with Gasteiger partial charge in [0, 0.05) is 32.0 Å². The van der Waals surface area contributed by atoms with Crippen LogP contribution in [0.2, 0.25) is 0 Å². The zero-order chi connectivity index (χ0) is 17.3. The lowest BCUT2D eigenvalue weighted by Crippen LogP contribution is -2.40. The minimum absolute atomic E-state index is 0.0158. The molecule has 3 atom stereocenters. The topological polar surface area (TPSA) is 49.4 Å². The lowest BCUT2D eigenvalue weighted by atomic mass is 9.84. The molecule has 2 saturated carbocycles. The third kappa shape index (κ3) is 3.45. The van der Waals surface area contributed by atoms with Crippen LogP contribution in [0.15, 0.2) is 24.3 Å². The van der Waals surface area contributed by atoms with Crippen LogP contribution in [0.4, 0.5) is 4.39 Å². The molecule has 0 heterocycles. The predicted molar refractivity (Wildman–Crippen MR) is 89.8 cm³/mol. The second-order valence-electron chi connectivity index (χ2n) is 7.30.